The van der Waals surface area contributed by atoms with Crippen LogP contribution < -0.4 is 10.5 Å². The van der Waals surface area contributed by atoms with E-state index in [2.05, 4.69) is 15.1 Å². The molecule has 0 bridgehead atoms. The third-order valence-corrected chi connectivity index (χ3v) is 2.44. The van der Waals surface area contributed by atoms with Crippen LogP contribution in [-0.4, -0.2) is 40.3 Å². The van der Waals surface area contributed by atoms with Crippen molar-refractivity contribution in [2.24, 2.45) is 10.9 Å². The molecule has 92 valence electrons. The number of oxime groups is 1. The van der Waals surface area contributed by atoms with Crippen molar-refractivity contribution in [2.75, 3.05) is 13.2 Å². The van der Waals surface area contributed by atoms with Crippen LogP contribution in [-0.2, 0) is 4.74 Å². The lowest BCUT2D eigenvalue weighted by atomic mass is 10.2. The molecular weight excluding hydrogens is 224 g/mol. The molecule has 1 fully saturated rings. The molecule has 0 aromatic carbocycles. The summed E-state index contributed by atoms with van der Waals surface area (Å²) in [6.07, 6.45) is 5.03. The molecule has 1 atom stereocenters. The Labute approximate surface area is 98.3 Å². The molecule has 2 rings (SSSR count). The molecule has 0 aliphatic carbocycles. The van der Waals surface area contributed by atoms with Gasteiger partial charge in [0, 0.05) is 19.0 Å². The van der Waals surface area contributed by atoms with Crippen LogP contribution >= 0.6 is 0 Å². The molecule has 1 aromatic rings. The maximum Gasteiger partial charge on any atom is 0.244 e. The topological polar surface area (TPSA) is 103 Å². The quantitative estimate of drug-likeness (QED) is 0.334. The zero-order valence-electron chi connectivity index (χ0n) is 9.24. The zero-order chi connectivity index (χ0) is 12.1. The molecule has 7 heteroatoms. The predicted octanol–water partition coefficient (Wildman–Crippen LogP) is 0.129. The van der Waals surface area contributed by atoms with E-state index in [0.717, 1.165) is 19.4 Å². The van der Waals surface area contributed by atoms with Crippen LogP contribution in [0.1, 0.15) is 18.5 Å². The maximum absolute atomic E-state index is 8.61. The van der Waals surface area contributed by atoms with E-state index in [0.29, 0.717) is 6.61 Å². The Balaban J connectivity index is 2.04. The van der Waals surface area contributed by atoms with Gasteiger partial charge in [-0.25, -0.2) is 9.97 Å². The second-order valence-corrected chi connectivity index (χ2v) is 3.64. The molecule has 1 aliphatic rings. The third kappa shape index (κ3) is 2.82. The fourth-order valence-electron chi connectivity index (χ4n) is 1.60. The molecule has 0 saturated carbocycles. The lowest BCUT2D eigenvalue weighted by molar-refractivity contribution is 0.0661. The van der Waals surface area contributed by atoms with E-state index >= 15 is 0 Å². The lowest BCUT2D eigenvalue weighted by Crippen LogP contribution is -2.21. The zero-order valence-corrected chi connectivity index (χ0v) is 9.24. The fraction of sp³-hybridized carbons (Fsp3) is 0.500. The lowest BCUT2D eigenvalue weighted by Gasteiger charge is -2.12. The van der Waals surface area contributed by atoms with Gasteiger partial charge in [-0.15, -0.1) is 0 Å². The average molecular weight is 238 g/mol. The normalized spacial score (nSPS) is 20.5. The maximum atomic E-state index is 8.61. The van der Waals surface area contributed by atoms with Gasteiger partial charge in [0.2, 0.25) is 5.88 Å². The highest BCUT2D eigenvalue weighted by molar-refractivity contribution is 5.97. The number of rotatable bonds is 4. The first-order chi connectivity index (χ1) is 8.31. The number of ether oxygens (including phenoxy) is 2. The van der Waals surface area contributed by atoms with E-state index in [9.17, 15) is 0 Å². The molecule has 0 spiro atoms. The van der Waals surface area contributed by atoms with Crippen molar-refractivity contribution in [2.45, 2.75) is 18.9 Å². The van der Waals surface area contributed by atoms with Crippen LogP contribution in [0.15, 0.2) is 17.5 Å². The average Bonchev–Trinajstić information content (AvgIpc) is 2.89. The van der Waals surface area contributed by atoms with Gasteiger partial charge in [-0.2, -0.15) is 0 Å². The Morgan fingerprint density at radius 2 is 2.41 bits per heavy atom. The highest BCUT2D eigenvalue weighted by Crippen LogP contribution is 2.16. The largest absolute Gasteiger partial charge is 0.473 e. The summed E-state index contributed by atoms with van der Waals surface area (Å²) in [6, 6.07) is 0. The van der Waals surface area contributed by atoms with Gasteiger partial charge in [0.25, 0.3) is 0 Å². The van der Waals surface area contributed by atoms with Gasteiger partial charge in [0.15, 0.2) is 11.5 Å². The van der Waals surface area contributed by atoms with Crippen molar-refractivity contribution in [3.63, 3.8) is 0 Å². The van der Waals surface area contributed by atoms with Crippen molar-refractivity contribution < 1.29 is 14.7 Å². The van der Waals surface area contributed by atoms with Crippen LogP contribution in [0.5, 0.6) is 5.88 Å². The van der Waals surface area contributed by atoms with Crippen molar-refractivity contribution >= 4 is 5.84 Å². The summed E-state index contributed by atoms with van der Waals surface area (Å²) in [5, 5.41) is 11.5. The van der Waals surface area contributed by atoms with Gasteiger partial charge in [-0.1, -0.05) is 5.16 Å². The summed E-state index contributed by atoms with van der Waals surface area (Å²) in [5.74, 6) is 0.124. The summed E-state index contributed by atoms with van der Waals surface area (Å²) in [5.41, 5.74) is 5.69. The predicted molar refractivity (Wildman–Crippen MR) is 59.0 cm³/mol. The molecule has 1 saturated heterocycles. The second-order valence-electron chi connectivity index (χ2n) is 3.64. The Hall–Kier alpha value is -1.89. The Morgan fingerprint density at radius 3 is 3.12 bits per heavy atom. The van der Waals surface area contributed by atoms with E-state index in [1.165, 1.54) is 12.4 Å². The molecule has 7 nitrogen and oxygen atoms in total. The Kier molecular flexibility index (Phi) is 3.71. The molecule has 1 unspecified atom stereocenters. The Morgan fingerprint density at radius 1 is 1.59 bits per heavy atom. The number of hydrogen-bond acceptors (Lipinski definition) is 6. The van der Waals surface area contributed by atoms with Crippen LogP contribution in [0.3, 0.4) is 0 Å². The fourth-order valence-corrected chi connectivity index (χ4v) is 1.60. The molecule has 1 aliphatic heterocycles. The van der Waals surface area contributed by atoms with Gasteiger partial charge in [-0.3, -0.25) is 0 Å². The molecule has 0 amide bonds. The summed E-state index contributed by atoms with van der Waals surface area (Å²) < 4.78 is 10.9. The molecule has 3 N–H and O–H groups in total. The standard InChI is InChI=1S/C10H14N4O3/c11-9(14-15)8-10(13-4-3-12-8)17-6-7-2-1-5-16-7/h3-4,7,15H,1-2,5-6H2,(H2,11,14). The number of hydrogen-bond donors (Lipinski definition) is 2. The van der Waals surface area contributed by atoms with Gasteiger partial charge in [0.1, 0.15) is 6.61 Å². The van der Waals surface area contributed by atoms with Gasteiger partial charge in [-0.05, 0) is 12.8 Å². The summed E-state index contributed by atoms with van der Waals surface area (Å²) in [4.78, 5) is 7.95. The minimum Gasteiger partial charge on any atom is -0.473 e. The number of nitrogens with zero attached hydrogens (tertiary/aromatic N) is 3. The number of nitrogens with two attached hydrogens (primary N) is 1. The van der Waals surface area contributed by atoms with Crippen LogP contribution in [0, 0.1) is 0 Å². The summed E-state index contributed by atoms with van der Waals surface area (Å²) in [7, 11) is 0. The SMILES string of the molecule is N/C(=N\O)c1nccnc1OCC1CCCO1. The molecule has 1 aromatic heterocycles. The smallest absolute Gasteiger partial charge is 0.244 e. The highest BCUT2D eigenvalue weighted by atomic mass is 16.5. The first-order valence-electron chi connectivity index (χ1n) is 5.34. The van der Waals surface area contributed by atoms with E-state index in [-0.39, 0.29) is 23.5 Å². The number of aromatic nitrogens is 2. The van der Waals surface area contributed by atoms with Crippen molar-refractivity contribution in [1.82, 2.24) is 9.97 Å². The van der Waals surface area contributed by atoms with E-state index in [4.69, 9.17) is 20.4 Å². The van der Waals surface area contributed by atoms with Crippen LogP contribution in [0.25, 0.3) is 0 Å². The monoisotopic (exact) mass is 238 g/mol. The van der Waals surface area contributed by atoms with E-state index < -0.39 is 0 Å². The van der Waals surface area contributed by atoms with E-state index in [1.807, 2.05) is 0 Å². The first-order valence-corrected chi connectivity index (χ1v) is 5.34. The number of amidine groups is 1. The van der Waals surface area contributed by atoms with Crippen molar-refractivity contribution in [1.29, 1.82) is 0 Å². The minimum atomic E-state index is -0.125. The van der Waals surface area contributed by atoms with Gasteiger partial charge >= 0.3 is 0 Å². The third-order valence-electron chi connectivity index (χ3n) is 2.44. The molecule has 0 radical (unpaired) electrons. The van der Waals surface area contributed by atoms with Crippen molar-refractivity contribution in [3.05, 3.63) is 18.1 Å². The van der Waals surface area contributed by atoms with Gasteiger partial charge in [0.05, 0.1) is 6.10 Å². The molecular formula is C10H14N4O3. The molecule has 2 heterocycles. The summed E-state index contributed by atoms with van der Waals surface area (Å²) >= 11 is 0. The second kappa shape index (κ2) is 5.44. The van der Waals surface area contributed by atoms with Crippen LogP contribution in [0.4, 0.5) is 0 Å². The van der Waals surface area contributed by atoms with Crippen LogP contribution in [0.2, 0.25) is 0 Å². The molecule has 17 heavy (non-hydrogen) atoms. The minimum absolute atomic E-state index is 0.0807. The summed E-state index contributed by atoms with van der Waals surface area (Å²) in [6.45, 7) is 1.16. The van der Waals surface area contributed by atoms with E-state index in [1.54, 1.807) is 0 Å². The van der Waals surface area contributed by atoms with Gasteiger partial charge < -0.3 is 20.4 Å². The highest BCUT2D eigenvalue weighted by Gasteiger charge is 2.18. The van der Waals surface area contributed by atoms with Crippen molar-refractivity contribution in [3.8, 4) is 5.88 Å². The Bertz CT molecular complexity index is 404. The first kappa shape index (κ1) is 11.6.